The van der Waals surface area contributed by atoms with Gasteiger partial charge in [-0.1, -0.05) is 0 Å². The molecule has 0 aliphatic carbocycles. The first-order valence-electron chi connectivity index (χ1n) is 9.41. The van der Waals surface area contributed by atoms with Gasteiger partial charge in [-0.15, -0.1) is 11.3 Å². The van der Waals surface area contributed by atoms with Gasteiger partial charge in [-0.2, -0.15) is 4.31 Å². The minimum absolute atomic E-state index is 0.162. The molecule has 0 radical (unpaired) electrons. The van der Waals surface area contributed by atoms with Crippen LogP contribution in [0.3, 0.4) is 0 Å². The first-order valence-corrected chi connectivity index (χ1v) is 11.7. The molecule has 0 saturated carbocycles. The Morgan fingerprint density at radius 3 is 2.57 bits per heavy atom. The smallest absolute Gasteiger partial charge is 0.251 e. The number of carbonyl (C=O) groups is 1. The summed E-state index contributed by atoms with van der Waals surface area (Å²) in [5.41, 5.74) is 1.14. The number of ether oxygens (including phenoxy) is 1. The van der Waals surface area contributed by atoms with E-state index in [-0.39, 0.29) is 17.3 Å². The predicted octanol–water partition coefficient (Wildman–Crippen LogP) is 2.66. The lowest BCUT2D eigenvalue weighted by molar-refractivity contribution is 0.0730. The van der Waals surface area contributed by atoms with Crippen LogP contribution in [0.5, 0.6) is 0 Å². The van der Waals surface area contributed by atoms with Gasteiger partial charge in [-0.05, 0) is 43.3 Å². The molecule has 1 N–H and O–H groups in total. The summed E-state index contributed by atoms with van der Waals surface area (Å²) in [6.07, 6.45) is 0. The molecule has 0 atom stereocenters. The Morgan fingerprint density at radius 1 is 1.17 bits per heavy atom. The van der Waals surface area contributed by atoms with Crippen LogP contribution in [0.1, 0.15) is 21.1 Å². The van der Waals surface area contributed by atoms with Crippen LogP contribution in [0, 0.1) is 6.92 Å². The maximum atomic E-state index is 12.7. The van der Waals surface area contributed by atoms with Gasteiger partial charge >= 0.3 is 0 Å². The van der Waals surface area contributed by atoms with Crippen molar-refractivity contribution in [2.75, 3.05) is 26.3 Å². The summed E-state index contributed by atoms with van der Waals surface area (Å²) in [4.78, 5) is 17.0. The van der Waals surface area contributed by atoms with Crippen LogP contribution in [-0.4, -0.2) is 49.9 Å². The predicted molar refractivity (Wildman–Crippen MR) is 112 cm³/mol. The van der Waals surface area contributed by atoms with Gasteiger partial charge in [0.05, 0.1) is 29.7 Å². The second-order valence-electron chi connectivity index (χ2n) is 6.74. The number of carbonyl (C=O) groups excluding carboxylic acids is 1. The van der Waals surface area contributed by atoms with Crippen molar-refractivity contribution in [3.8, 4) is 11.5 Å². The number of sulfonamides is 1. The maximum absolute atomic E-state index is 12.7. The summed E-state index contributed by atoms with van der Waals surface area (Å²) < 4.78 is 37.6. The highest BCUT2D eigenvalue weighted by Gasteiger charge is 2.26. The summed E-state index contributed by atoms with van der Waals surface area (Å²) in [7, 11) is -3.58. The number of hydrogen-bond donors (Lipinski definition) is 1. The van der Waals surface area contributed by atoms with E-state index in [0.717, 1.165) is 10.7 Å². The van der Waals surface area contributed by atoms with Gasteiger partial charge in [0.1, 0.15) is 11.5 Å². The maximum Gasteiger partial charge on any atom is 0.251 e. The van der Waals surface area contributed by atoms with Crippen molar-refractivity contribution in [2.24, 2.45) is 0 Å². The summed E-state index contributed by atoms with van der Waals surface area (Å²) in [6, 6.07) is 9.54. The molecule has 4 rings (SSSR count). The third-order valence-corrected chi connectivity index (χ3v) is 7.37. The fraction of sp³-hybridized carbons (Fsp3) is 0.300. The molecule has 8 nitrogen and oxygen atoms in total. The highest BCUT2D eigenvalue weighted by Crippen LogP contribution is 2.24. The second kappa shape index (κ2) is 8.68. The van der Waals surface area contributed by atoms with Crippen LogP contribution >= 0.6 is 11.3 Å². The van der Waals surface area contributed by atoms with Crippen molar-refractivity contribution >= 4 is 27.3 Å². The van der Waals surface area contributed by atoms with Gasteiger partial charge in [-0.25, -0.2) is 13.4 Å². The summed E-state index contributed by atoms with van der Waals surface area (Å²) in [5, 5.41) is 5.65. The molecular formula is C20H21N3O5S2. The first-order chi connectivity index (χ1) is 14.4. The fourth-order valence-corrected chi connectivity index (χ4v) is 5.08. The lowest BCUT2D eigenvalue weighted by Gasteiger charge is -2.26. The number of nitrogens with one attached hydrogen (secondary N) is 1. The third-order valence-electron chi connectivity index (χ3n) is 4.68. The zero-order valence-electron chi connectivity index (χ0n) is 16.3. The molecular weight excluding hydrogens is 426 g/mol. The van der Waals surface area contributed by atoms with E-state index in [2.05, 4.69) is 10.3 Å². The number of hydrogen-bond acceptors (Lipinski definition) is 7. The van der Waals surface area contributed by atoms with Crippen LogP contribution in [0.15, 0.2) is 51.1 Å². The Morgan fingerprint density at radius 2 is 1.90 bits per heavy atom. The normalized spacial score (nSPS) is 15.2. The van der Waals surface area contributed by atoms with E-state index < -0.39 is 10.0 Å². The molecule has 2 aromatic heterocycles. The van der Waals surface area contributed by atoms with Crippen LogP contribution in [0.4, 0.5) is 0 Å². The lowest BCUT2D eigenvalue weighted by atomic mass is 10.2. The number of thiazole rings is 1. The van der Waals surface area contributed by atoms with Crippen molar-refractivity contribution in [1.82, 2.24) is 14.6 Å². The average Bonchev–Trinajstić information content (AvgIpc) is 3.41. The van der Waals surface area contributed by atoms with E-state index in [0.29, 0.717) is 43.4 Å². The minimum atomic E-state index is -3.58. The van der Waals surface area contributed by atoms with Gasteiger partial charge in [0.15, 0.2) is 5.76 Å². The zero-order chi connectivity index (χ0) is 21.1. The Kier molecular flexibility index (Phi) is 6.00. The van der Waals surface area contributed by atoms with Gasteiger partial charge in [0, 0.05) is 24.0 Å². The van der Waals surface area contributed by atoms with Crippen molar-refractivity contribution < 1.29 is 22.4 Å². The average molecular weight is 448 g/mol. The molecule has 0 spiro atoms. The van der Waals surface area contributed by atoms with E-state index in [4.69, 9.17) is 9.15 Å². The molecule has 1 aliphatic heterocycles. The molecule has 158 valence electrons. The first kappa shape index (κ1) is 20.7. The van der Waals surface area contributed by atoms with E-state index in [1.54, 1.807) is 17.4 Å². The van der Waals surface area contributed by atoms with Gasteiger partial charge < -0.3 is 14.5 Å². The zero-order valence-corrected chi connectivity index (χ0v) is 18.0. The highest BCUT2D eigenvalue weighted by molar-refractivity contribution is 7.89. The molecule has 30 heavy (non-hydrogen) atoms. The molecule has 3 heterocycles. The minimum Gasteiger partial charge on any atom is -0.458 e. The molecule has 10 heteroatoms. The number of aryl methyl sites for hydroxylation is 1. The number of morpholine rings is 1. The molecule has 0 unspecified atom stereocenters. The topological polar surface area (TPSA) is 102 Å². The Hall–Kier alpha value is -2.53. The SMILES string of the molecule is Cc1nc(-c2ccc(CNC(=O)c3ccc(S(=O)(=O)N4CCOCC4)cc3)o2)cs1. The van der Waals surface area contributed by atoms with E-state index in [1.165, 1.54) is 28.6 Å². The van der Waals surface area contributed by atoms with Crippen molar-refractivity contribution in [3.63, 3.8) is 0 Å². The molecule has 1 aliphatic rings. The van der Waals surface area contributed by atoms with E-state index in [9.17, 15) is 13.2 Å². The van der Waals surface area contributed by atoms with Crippen LogP contribution in [-0.2, 0) is 21.3 Å². The van der Waals surface area contributed by atoms with Gasteiger partial charge in [0.2, 0.25) is 10.0 Å². The monoisotopic (exact) mass is 447 g/mol. The number of aromatic nitrogens is 1. The van der Waals surface area contributed by atoms with Gasteiger partial charge in [0.25, 0.3) is 5.91 Å². The quantitative estimate of drug-likeness (QED) is 0.623. The number of furan rings is 1. The molecule has 3 aromatic rings. The van der Waals surface area contributed by atoms with Crippen LogP contribution in [0.25, 0.3) is 11.5 Å². The Labute approximate surface area is 178 Å². The van der Waals surface area contributed by atoms with Crippen LogP contribution < -0.4 is 5.32 Å². The molecule has 0 bridgehead atoms. The third kappa shape index (κ3) is 4.46. The number of amides is 1. The largest absolute Gasteiger partial charge is 0.458 e. The van der Waals surface area contributed by atoms with Crippen LogP contribution in [0.2, 0.25) is 0 Å². The number of benzene rings is 1. The standard InChI is InChI=1S/C20H21N3O5S2/c1-14-22-18(13-29-14)19-7-4-16(28-19)12-21-20(24)15-2-5-17(6-3-15)30(25,26)23-8-10-27-11-9-23/h2-7,13H,8-12H2,1H3,(H,21,24). The second-order valence-corrected chi connectivity index (χ2v) is 9.74. The highest BCUT2D eigenvalue weighted by atomic mass is 32.2. The lowest BCUT2D eigenvalue weighted by Crippen LogP contribution is -2.40. The molecule has 1 saturated heterocycles. The van der Waals surface area contributed by atoms with Crippen molar-refractivity contribution in [3.05, 3.63) is 58.1 Å². The van der Waals surface area contributed by atoms with Gasteiger partial charge in [-0.3, -0.25) is 4.79 Å². The summed E-state index contributed by atoms with van der Waals surface area (Å²) in [5.74, 6) is 0.949. The van der Waals surface area contributed by atoms with Crippen molar-refractivity contribution in [1.29, 1.82) is 0 Å². The number of rotatable bonds is 6. The Bertz CT molecular complexity index is 1130. The fourth-order valence-electron chi connectivity index (χ4n) is 3.07. The number of nitrogens with zero attached hydrogens (tertiary/aromatic N) is 2. The summed E-state index contributed by atoms with van der Waals surface area (Å²) in [6.45, 7) is 3.57. The Balaban J connectivity index is 1.38. The van der Waals surface area contributed by atoms with Crippen molar-refractivity contribution in [2.45, 2.75) is 18.4 Å². The molecule has 1 aromatic carbocycles. The van der Waals surface area contributed by atoms with E-state index >= 15 is 0 Å². The summed E-state index contributed by atoms with van der Waals surface area (Å²) >= 11 is 1.54. The molecule has 1 amide bonds. The van der Waals surface area contributed by atoms with E-state index in [1.807, 2.05) is 18.4 Å². The molecule has 1 fully saturated rings.